The van der Waals surface area contributed by atoms with E-state index in [1.54, 1.807) is 0 Å². The molecule has 0 aromatic carbocycles. The van der Waals surface area contributed by atoms with Crippen LogP contribution in [0, 0.1) is 17.2 Å². The van der Waals surface area contributed by atoms with Crippen LogP contribution >= 0.6 is 0 Å². The Labute approximate surface area is 92.4 Å². The number of nitrogens with zero attached hydrogens (tertiary/aromatic N) is 2. The van der Waals surface area contributed by atoms with Gasteiger partial charge in [-0.1, -0.05) is 6.92 Å². The summed E-state index contributed by atoms with van der Waals surface area (Å²) >= 11 is 0. The molecule has 84 valence electrons. The van der Waals surface area contributed by atoms with Crippen molar-refractivity contribution in [3.63, 3.8) is 0 Å². The van der Waals surface area contributed by atoms with E-state index < -0.39 is 0 Å². The zero-order valence-corrected chi connectivity index (χ0v) is 9.63. The topological polar surface area (TPSA) is 39.1 Å². The zero-order chi connectivity index (χ0) is 10.7. The fraction of sp³-hybridized carbons (Fsp3) is 0.917. The minimum Gasteiger partial charge on any atom is -0.303 e. The van der Waals surface area contributed by atoms with Gasteiger partial charge in [0.25, 0.3) is 0 Å². The molecular formula is C12H21N3. The van der Waals surface area contributed by atoms with Gasteiger partial charge in [0.15, 0.2) is 0 Å². The molecule has 0 aromatic rings. The van der Waals surface area contributed by atoms with Crippen molar-refractivity contribution in [2.24, 2.45) is 5.92 Å². The van der Waals surface area contributed by atoms with E-state index in [-0.39, 0.29) is 5.54 Å². The van der Waals surface area contributed by atoms with E-state index in [4.69, 9.17) is 0 Å². The maximum Gasteiger partial charge on any atom is 0.109 e. The SMILES string of the molecule is CCN1CCC(C#N)(NCC2CC2)CC1. The summed E-state index contributed by atoms with van der Waals surface area (Å²) in [6.07, 6.45) is 4.69. The van der Waals surface area contributed by atoms with Crippen LogP contribution in [-0.2, 0) is 0 Å². The minimum atomic E-state index is -0.214. The lowest BCUT2D eigenvalue weighted by molar-refractivity contribution is 0.172. The smallest absolute Gasteiger partial charge is 0.109 e. The van der Waals surface area contributed by atoms with Gasteiger partial charge in [0.2, 0.25) is 0 Å². The van der Waals surface area contributed by atoms with E-state index in [0.717, 1.165) is 44.9 Å². The van der Waals surface area contributed by atoms with Crippen molar-refractivity contribution in [3.05, 3.63) is 0 Å². The van der Waals surface area contributed by atoms with Crippen LogP contribution in [0.2, 0.25) is 0 Å². The number of nitrogens with one attached hydrogen (secondary N) is 1. The van der Waals surface area contributed by atoms with E-state index in [9.17, 15) is 5.26 Å². The van der Waals surface area contributed by atoms with Crippen LogP contribution in [0.5, 0.6) is 0 Å². The molecule has 0 radical (unpaired) electrons. The second-order valence-electron chi connectivity index (χ2n) is 4.95. The fourth-order valence-electron chi connectivity index (χ4n) is 2.24. The van der Waals surface area contributed by atoms with Gasteiger partial charge < -0.3 is 4.90 Å². The normalized spacial score (nSPS) is 26.1. The number of rotatable bonds is 4. The summed E-state index contributed by atoms with van der Waals surface area (Å²) in [5.41, 5.74) is -0.214. The second-order valence-corrected chi connectivity index (χ2v) is 4.95. The van der Waals surface area contributed by atoms with Gasteiger partial charge in [-0.05, 0) is 44.7 Å². The maximum atomic E-state index is 9.30. The summed E-state index contributed by atoms with van der Waals surface area (Å²) in [5.74, 6) is 0.861. The van der Waals surface area contributed by atoms with Crippen LogP contribution < -0.4 is 5.32 Å². The highest BCUT2D eigenvalue weighted by Gasteiger charge is 2.35. The van der Waals surface area contributed by atoms with Crippen LogP contribution in [0.15, 0.2) is 0 Å². The predicted molar refractivity (Wildman–Crippen MR) is 60.4 cm³/mol. The third-order valence-corrected chi connectivity index (χ3v) is 3.80. The summed E-state index contributed by atoms with van der Waals surface area (Å²) < 4.78 is 0. The Bertz CT molecular complexity index is 244. The van der Waals surface area contributed by atoms with Crippen LogP contribution in [0.25, 0.3) is 0 Å². The molecule has 0 spiro atoms. The van der Waals surface area contributed by atoms with Crippen LogP contribution in [0.3, 0.4) is 0 Å². The quantitative estimate of drug-likeness (QED) is 0.756. The van der Waals surface area contributed by atoms with Crippen molar-refractivity contribution in [3.8, 4) is 6.07 Å². The Hall–Kier alpha value is -0.590. The van der Waals surface area contributed by atoms with Crippen molar-refractivity contribution in [1.82, 2.24) is 10.2 Å². The first kappa shape index (κ1) is 10.9. The van der Waals surface area contributed by atoms with Crippen molar-refractivity contribution < 1.29 is 0 Å². The zero-order valence-electron chi connectivity index (χ0n) is 9.63. The van der Waals surface area contributed by atoms with Gasteiger partial charge in [-0.2, -0.15) is 5.26 Å². The number of piperidine rings is 1. The number of hydrogen-bond donors (Lipinski definition) is 1. The average molecular weight is 207 g/mol. The van der Waals surface area contributed by atoms with E-state index in [0.29, 0.717) is 0 Å². The van der Waals surface area contributed by atoms with Crippen LogP contribution in [0.1, 0.15) is 32.6 Å². The first-order chi connectivity index (χ1) is 7.28. The lowest BCUT2D eigenvalue weighted by Gasteiger charge is -2.37. The highest BCUT2D eigenvalue weighted by atomic mass is 15.1. The highest BCUT2D eigenvalue weighted by Crippen LogP contribution is 2.30. The van der Waals surface area contributed by atoms with Crippen molar-refractivity contribution in [2.75, 3.05) is 26.2 Å². The molecule has 0 aromatic heterocycles. The lowest BCUT2D eigenvalue weighted by atomic mass is 9.89. The molecule has 1 saturated carbocycles. The van der Waals surface area contributed by atoms with Gasteiger partial charge in [0, 0.05) is 13.1 Å². The molecule has 1 aliphatic heterocycles. The highest BCUT2D eigenvalue weighted by molar-refractivity contribution is 5.10. The van der Waals surface area contributed by atoms with E-state index in [1.165, 1.54) is 12.8 Å². The fourth-order valence-corrected chi connectivity index (χ4v) is 2.24. The largest absolute Gasteiger partial charge is 0.303 e. The first-order valence-corrected chi connectivity index (χ1v) is 6.16. The van der Waals surface area contributed by atoms with Crippen LogP contribution in [-0.4, -0.2) is 36.6 Å². The third-order valence-electron chi connectivity index (χ3n) is 3.80. The lowest BCUT2D eigenvalue weighted by Crippen LogP contribution is -2.52. The summed E-state index contributed by atoms with van der Waals surface area (Å²) in [4.78, 5) is 2.42. The molecule has 0 bridgehead atoms. The van der Waals surface area contributed by atoms with Gasteiger partial charge in [-0.15, -0.1) is 0 Å². The summed E-state index contributed by atoms with van der Waals surface area (Å²) in [7, 11) is 0. The maximum absolute atomic E-state index is 9.30. The predicted octanol–water partition coefficient (Wildman–Crippen LogP) is 1.36. The van der Waals surface area contributed by atoms with Gasteiger partial charge in [0.1, 0.15) is 5.54 Å². The van der Waals surface area contributed by atoms with E-state index >= 15 is 0 Å². The third kappa shape index (κ3) is 2.70. The van der Waals surface area contributed by atoms with Gasteiger partial charge in [-0.25, -0.2) is 0 Å². The molecule has 3 heteroatoms. The Balaban J connectivity index is 1.83. The molecule has 3 nitrogen and oxygen atoms in total. The van der Waals surface area contributed by atoms with Crippen LogP contribution in [0.4, 0.5) is 0 Å². The number of nitriles is 1. The second kappa shape index (κ2) is 4.51. The van der Waals surface area contributed by atoms with Gasteiger partial charge in [-0.3, -0.25) is 5.32 Å². The van der Waals surface area contributed by atoms with Crippen molar-refractivity contribution >= 4 is 0 Å². The Morgan fingerprint density at radius 3 is 2.53 bits per heavy atom. The Morgan fingerprint density at radius 2 is 2.07 bits per heavy atom. The van der Waals surface area contributed by atoms with E-state index in [1.807, 2.05) is 0 Å². The Kier molecular flexibility index (Phi) is 3.28. The summed E-state index contributed by atoms with van der Waals surface area (Å²) in [6.45, 7) is 6.50. The minimum absolute atomic E-state index is 0.214. The molecule has 15 heavy (non-hydrogen) atoms. The number of likely N-dealkylation sites (tertiary alicyclic amines) is 1. The van der Waals surface area contributed by atoms with Crippen molar-refractivity contribution in [2.45, 2.75) is 38.1 Å². The molecule has 0 unspecified atom stereocenters. The molecule has 1 aliphatic carbocycles. The number of hydrogen-bond acceptors (Lipinski definition) is 3. The standard InChI is InChI=1S/C12H21N3/c1-2-15-7-5-12(10-13,6-8-15)14-9-11-3-4-11/h11,14H,2-9H2,1H3. The molecule has 0 atom stereocenters. The average Bonchev–Trinajstić information content (AvgIpc) is 3.11. The summed E-state index contributed by atoms with van der Waals surface area (Å²) in [6, 6.07) is 2.51. The van der Waals surface area contributed by atoms with E-state index in [2.05, 4.69) is 23.2 Å². The van der Waals surface area contributed by atoms with Gasteiger partial charge in [0.05, 0.1) is 6.07 Å². The molecular weight excluding hydrogens is 186 g/mol. The molecule has 1 saturated heterocycles. The van der Waals surface area contributed by atoms with Crippen molar-refractivity contribution in [1.29, 1.82) is 5.26 Å². The first-order valence-electron chi connectivity index (χ1n) is 6.16. The molecule has 2 fully saturated rings. The monoisotopic (exact) mass is 207 g/mol. The Morgan fingerprint density at radius 1 is 1.40 bits per heavy atom. The summed E-state index contributed by atoms with van der Waals surface area (Å²) in [5, 5.41) is 12.8. The van der Waals surface area contributed by atoms with Gasteiger partial charge >= 0.3 is 0 Å². The molecule has 2 rings (SSSR count). The molecule has 0 amide bonds. The molecule has 1 heterocycles. The molecule has 1 N–H and O–H groups in total. The molecule has 2 aliphatic rings.